The molecule has 0 aromatic carbocycles. The molecule has 0 amide bonds. The van der Waals surface area contributed by atoms with Crippen LogP contribution in [0.2, 0.25) is 0 Å². The molecule has 5 atom stereocenters. The van der Waals surface area contributed by atoms with Crippen LogP contribution in [0, 0.1) is 0 Å². The van der Waals surface area contributed by atoms with Gasteiger partial charge >= 0.3 is 0 Å². The van der Waals surface area contributed by atoms with E-state index in [1.54, 1.807) is 0 Å². The molecule has 0 saturated heterocycles. The first-order valence-corrected chi connectivity index (χ1v) is 11.1. The molecule has 0 aromatic heterocycles. The van der Waals surface area contributed by atoms with Gasteiger partial charge in [0.1, 0.15) is 0 Å². The summed E-state index contributed by atoms with van der Waals surface area (Å²) in [5, 5.41) is 0. The molecule has 5 unspecified atom stereocenters. The second kappa shape index (κ2) is 5.71. The maximum Gasteiger partial charge on any atom is 0.0682 e. The Kier molecular flexibility index (Phi) is 6.38. The topological polar surface area (TPSA) is 0 Å². The van der Waals surface area contributed by atoms with E-state index in [-0.39, 0.29) is 6.99 Å². The average Bonchev–Trinajstić information content (AvgIpc) is 1.65. The van der Waals surface area contributed by atoms with Crippen LogP contribution in [-0.2, 0) is 0 Å². The van der Waals surface area contributed by atoms with Crippen molar-refractivity contribution in [3.05, 3.63) is 0 Å². The summed E-state index contributed by atoms with van der Waals surface area (Å²) in [6, 6.07) is 0. The summed E-state index contributed by atoms with van der Waals surface area (Å²) in [4.78, 5) is 0. The summed E-state index contributed by atoms with van der Waals surface area (Å²) in [6.07, 6.45) is 0. The molecule has 6 heteroatoms. The van der Waals surface area contributed by atoms with Crippen LogP contribution in [0.4, 0.5) is 0 Å². The van der Waals surface area contributed by atoms with E-state index in [9.17, 15) is 0 Å². The molecule has 0 saturated carbocycles. The highest BCUT2D eigenvalue weighted by Gasteiger charge is 1.84. The van der Waals surface area contributed by atoms with Gasteiger partial charge in [-0.3, -0.25) is 0 Å². The van der Waals surface area contributed by atoms with Gasteiger partial charge in [-0.25, -0.2) is 0 Å². The number of hydrogen-bond acceptors (Lipinski definition) is 0. The summed E-state index contributed by atoms with van der Waals surface area (Å²) in [7, 11) is 8.32. The Morgan fingerprint density at radius 2 is 2.17 bits per heavy atom. The third kappa shape index (κ3) is 6.58. The SMILES string of the molecule is [3H]P(PP)P(P)P. The molecule has 0 heterocycles. The van der Waals surface area contributed by atoms with Gasteiger partial charge in [0.2, 0.25) is 0 Å². The lowest BCUT2D eigenvalue weighted by Gasteiger charge is -1.97. The second-order valence-corrected chi connectivity index (χ2v) is 16.4. The van der Waals surface area contributed by atoms with Crippen molar-refractivity contribution < 1.29 is 0 Å². The zero-order valence-electron chi connectivity index (χ0n) is 4.13. The highest BCUT2D eigenvalue weighted by molar-refractivity contribution is 8.82. The quantitative estimate of drug-likeness (QED) is 0.595. The van der Waals surface area contributed by atoms with E-state index < -0.39 is 7.90 Å². The summed E-state index contributed by atoms with van der Waals surface area (Å²) < 4.78 is 7.32. The van der Waals surface area contributed by atoms with Crippen molar-refractivity contribution in [3.8, 4) is 0 Å². The predicted molar refractivity (Wildman–Crippen MR) is 52.7 cm³/mol. The fourth-order valence-corrected chi connectivity index (χ4v) is 16.2. The molecule has 0 aliphatic rings. The summed E-state index contributed by atoms with van der Waals surface area (Å²) in [5.41, 5.74) is 0. The number of rotatable bonds is 2. The Balaban J connectivity index is 3.14. The molecule has 0 fully saturated rings. The smallest absolute Gasteiger partial charge is 0.0682 e. The predicted octanol–water partition coefficient (Wildman–Crippen LogP) is 3.03. The highest BCUT2D eigenvalue weighted by atomic mass is 32.9. The number of hydrogen-bond donors (Lipinski definition) is 0. The van der Waals surface area contributed by atoms with Crippen LogP contribution < -0.4 is 0 Å². The van der Waals surface area contributed by atoms with Gasteiger partial charge in [-0.2, -0.15) is 0 Å². The molecule has 0 bridgehead atoms. The van der Waals surface area contributed by atoms with E-state index in [1.165, 1.54) is 0 Å². The van der Waals surface area contributed by atoms with Crippen LogP contribution >= 0.6 is 49.6 Å². The third-order valence-corrected chi connectivity index (χ3v) is 14.0. The van der Waals surface area contributed by atoms with Crippen molar-refractivity contribution in [3.63, 3.8) is 0 Å². The molecule has 0 aromatic rings. The van der Waals surface area contributed by atoms with Crippen LogP contribution in [0.5, 0.6) is 0 Å². The van der Waals surface area contributed by atoms with Gasteiger partial charge in [0, 0.05) is 0 Å². The molecule has 0 aliphatic heterocycles. The first kappa shape index (κ1) is 6.70. The van der Waals surface area contributed by atoms with Gasteiger partial charge in [-0.1, -0.05) is 15.9 Å². The van der Waals surface area contributed by atoms with E-state index in [0.29, 0.717) is 0 Å². The molecular formula is H8P6. The molecule has 0 radical (unpaired) electrons. The molecule has 0 aliphatic carbocycles. The lowest BCUT2D eigenvalue weighted by atomic mass is 29.1. The molecule has 0 rings (SSSR count). The van der Waals surface area contributed by atoms with Crippen LogP contribution in [0.25, 0.3) is 0 Å². The van der Waals surface area contributed by atoms with E-state index in [0.717, 1.165) is 7.96 Å². The first-order chi connectivity index (χ1) is 3.18. The normalized spacial score (nSPS) is 19.7. The molecule has 6 heavy (non-hydrogen) atoms. The minimum Gasteiger partial charge on any atom is -0.110 e. The maximum atomic E-state index is 7.32. The Bertz CT molecular complexity index is 41.4. The van der Waals surface area contributed by atoms with E-state index in [2.05, 4.69) is 26.8 Å². The summed E-state index contributed by atoms with van der Waals surface area (Å²) in [5.74, 6) is 0. The monoisotopic (exact) mass is 196 g/mol. The largest absolute Gasteiger partial charge is 0.110 e. The average molecular weight is 196 g/mol. The van der Waals surface area contributed by atoms with Gasteiger partial charge in [-0.15, -0.1) is 26.8 Å². The van der Waals surface area contributed by atoms with Crippen molar-refractivity contribution in [2.75, 3.05) is 0 Å². The van der Waals surface area contributed by atoms with Gasteiger partial charge in [0.15, 0.2) is 0 Å². The lowest BCUT2D eigenvalue weighted by molar-refractivity contribution is 5.02. The fourth-order valence-electron chi connectivity index (χ4n) is 0.0667. The van der Waals surface area contributed by atoms with Gasteiger partial charge in [-0.05, 0) is 6.99 Å². The maximum absolute atomic E-state index is 7.32. The first-order valence-electron chi connectivity index (χ1n) is 1.68. The second-order valence-electron chi connectivity index (χ2n) is 0.609. The Morgan fingerprint density at radius 1 is 1.67 bits per heavy atom. The van der Waals surface area contributed by atoms with Gasteiger partial charge in [0.05, 0.1) is 1.28 Å². The third-order valence-electron chi connectivity index (χ3n) is 0.173. The molecule has 0 N–H and O–H groups in total. The Labute approximate surface area is 51.5 Å². The molecule has 38 valence electrons. The Hall–Kier alpha value is 2.58. The van der Waals surface area contributed by atoms with Gasteiger partial charge in [0.25, 0.3) is 0 Å². The Morgan fingerprint density at radius 3 is 2.17 bits per heavy atom. The molecular weight excluding hydrogens is 186 g/mol. The summed E-state index contributed by atoms with van der Waals surface area (Å²) in [6.45, 7) is -0.105. The fraction of sp³-hybridized carbons (Fsp3) is 0. The molecule has 0 nitrogen and oxygen atoms in total. The van der Waals surface area contributed by atoms with Crippen molar-refractivity contribution in [1.29, 1.82) is 1.28 Å². The van der Waals surface area contributed by atoms with Crippen LogP contribution in [0.15, 0.2) is 0 Å². The lowest BCUT2D eigenvalue weighted by Crippen LogP contribution is -1.04. The zero-order valence-corrected chi connectivity index (χ0v) is 9.38. The highest BCUT2D eigenvalue weighted by Crippen LogP contribution is 2.77. The van der Waals surface area contributed by atoms with E-state index >= 15 is 0 Å². The minimum atomic E-state index is -0.406. The van der Waals surface area contributed by atoms with Crippen LogP contribution in [0.1, 0.15) is 0 Å². The van der Waals surface area contributed by atoms with Gasteiger partial charge < -0.3 is 0 Å². The van der Waals surface area contributed by atoms with Crippen molar-refractivity contribution in [2.45, 2.75) is 0 Å². The van der Waals surface area contributed by atoms with Crippen molar-refractivity contribution >= 4 is 49.6 Å². The zero-order chi connectivity index (χ0) is 5.86. The standard InChI is InChI=1S/H8P6/c1-4-5-6(2)3/h4-5H,1-3H2/i5T. The minimum absolute atomic E-state index is 0.105. The van der Waals surface area contributed by atoms with Crippen LogP contribution in [0.3, 0.4) is 0 Å². The van der Waals surface area contributed by atoms with Crippen molar-refractivity contribution in [2.24, 2.45) is 0 Å². The molecule has 0 spiro atoms. The summed E-state index contributed by atoms with van der Waals surface area (Å²) >= 11 is 0. The van der Waals surface area contributed by atoms with E-state index in [4.69, 9.17) is 1.28 Å². The van der Waals surface area contributed by atoms with Crippen LogP contribution in [-0.4, -0.2) is 1.28 Å². The van der Waals surface area contributed by atoms with E-state index in [1.807, 2.05) is 0 Å². The van der Waals surface area contributed by atoms with Crippen molar-refractivity contribution in [1.82, 2.24) is 0 Å².